The van der Waals surface area contributed by atoms with Gasteiger partial charge in [-0.2, -0.15) is 0 Å². The summed E-state index contributed by atoms with van der Waals surface area (Å²) in [4.78, 5) is 45.4. The summed E-state index contributed by atoms with van der Waals surface area (Å²) in [5, 5.41) is 9.10. The second kappa shape index (κ2) is 4.23. The number of hydrogen-bond acceptors (Lipinski definition) is 4. The van der Waals surface area contributed by atoms with Crippen molar-refractivity contribution in [1.29, 1.82) is 0 Å². The van der Waals surface area contributed by atoms with Crippen molar-refractivity contribution in [3.63, 3.8) is 0 Å². The van der Waals surface area contributed by atoms with Gasteiger partial charge in [0.15, 0.2) is 0 Å². The number of carboxylic acid groups (broad SMARTS) is 1. The lowest BCUT2D eigenvalue weighted by Crippen LogP contribution is -2.85. The number of nitrogens with one attached hydrogen (secondary N) is 1. The first-order valence-electron chi connectivity index (χ1n) is 6.36. The lowest BCUT2D eigenvalue weighted by molar-refractivity contribution is -0.463. The summed E-state index contributed by atoms with van der Waals surface area (Å²) in [5.74, 6) is -0.924. The van der Waals surface area contributed by atoms with Crippen LogP contribution in [0.15, 0.2) is 4.99 Å². The zero-order chi connectivity index (χ0) is 14.6. The first-order chi connectivity index (χ1) is 9.45. The van der Waals surface area contributed by atoms with Crippen LogP contribution in [0.5, 0.6) is 0 Å². The Labute approximate surface area is 116 Å². The van der Waals surface area contributed by atoms with Gasteiger partial charge >= 0.3 is 12.0 Å². The number of fused-ring (bicyclic) bond motifs is 1. The van der Waals surface area contributed by atoms with Crippen molar-refractivity contribution >= 4 is 38.0 Å². The predicted octanol–water partition coefficient (Wildman–Crippen LogP) is -2.41. The fraction of sp³-hybridized carbons (Fsp3) is 0.545. The average molecular weight is 294 g/mol. The molecule has 8 nitrogen and oxygen atoms in total. The van der Waals surface area contributed by atoms with Crippen molar-refractivity contribution in [2.24, 2.45) is 4.99 Å². The van der Waals surface area contributed by atoms with Crippen molar-refractivity contribution in [3.05, 3.63) is 0 Å². The fourth-order valence-corrected chi connectivity index (χ4v) is 5.56. The molecule has 1 fully saturated rings. The normalized spacial score (nSPS) is 28.7. The van der Waals surface area contributed by atoms with Gasteiger partial charge < -0.3 is 5.11 Å². The Morgan fingerprint density at radius 1 is 1.50 bits per heavy atom. The number of urea groups is 1. The van der Waals surface area contributed by atoms with E-state index in [0.29, 0.717) is 5.84 Å². The second-order valence-electron chi connectivity index (χ2n) is 4.94. The van der Waals surface area contributed by atoms with Gasteiger partial charge in [-0.15, -0.1) is 0 Å². The van der Waals surface area contributed by atoms with E-state index >= 15 is 0 Å². The number of carboxylic acids is 1. The summed E-state index contributed by atoms with van der Waals surface area (Å²) in [5.41, 5.74) is 0.321. The number of carbonyl (C=O) groups is 3. The van der Waals surface area contributed by atoms with E-state index in [1.165, 1.54) is 11.9 Å². The number of amidine groups is 2. The molecular weight excluding hydrogens is 280 g/mol. The first kappa shape index (κ1) is 13.0. The van der Waals surface area contributed by atoms with E-state index in [1.807, 2.05) is 6.92 Å². The molecule has 105 valence electrons. The number of carbonyl (C=O) groups excluding carboxylic acids is 2. The first-order valence-corrected chi connectivity index (χ1v) is 8.14. The van der Waals surface area contributed by atoms with Crippen LogP contribution in [-0.2, 0) is 9.59 Å². The lowest BCUT2D eigenvalue weighted by atomic mass is 10.1. The maximum Gasteiger partial charge on any atom is 0.333 e. The van der Waals surface area contributed by atoms with Gasteiger partial charge in [-0.05, 0) is 11.0 Å². The van der Waals surface area contributed by atoms with Crippen LogP contribution in [0.25, 0.3) is 0 Å². The standard InChI is InChI=1S/C11H13N4O4Si/c1-3-20-5(4-6(16)17)15-8-7(12-10(20)13-8)9(18)14(2)11(15)19/h5,7H,3-4H2,1-2H3,(H,16,17)/p+1. The number of aliphatic imine (C=N–C) groups is 1. The number of likely N-dealkylation sites (N-methyl/N-ethyl adjacent to an activating group) is 1. The smallest absolute Gasteiger partial charge is 0.333 e. The van der Waals surface area contributed by atoms with Crippen molar-refractivity contribution in [3.8, 4) is 0 Å². The summed E-state index contributed by atoms with van der Waals surface area (Å²) in [6.07, 6.45) is -0.118. The van der Waals surface area contributed by atoms with Crippen molar-refractivity contribution in [1.82, 2.24) is 9.80 Å². The highest BCUT2D eigenvalue weighted by molar-refractivity contribution is 6.92. The van der Waals surface area contributed by atoms with Gasteiger partial charge in [0.1, 0.15) is 0 Å². The molecule has 2 N–H and O–H groups in total. The second-order valence-corrected chi connectivity index (χ2v) is 7.84. The Kier molecular flexibility index (Phi) is 2.75. The van der Waals surface area contributed by atoms with Crippen LogP contribution in [0, 0.1) is 0 Å². The van der Waals surface area contributed by atoms with E-state index in [-0.39, 0.29) is 12.3 Å². The number of amides is 3. The van der Waals surface area contributed by atoms with Gasteiger partial charge in [0.05, 0.1) is 12.1 Å². The molecule has 9 heteroatoms. The van der Waals surface area contributed by atoms with Crippen LogP contribution in [0.2, 0.25) is 6.04 Å². The van der Waals surface area contributed by atoms with Crippen LogP contribution >= 0.6 is 0 Å². The molecule has 3 aliphatic heterocycles. The topological polar surface area (TPSA) is 104 Å². The number of imide groups is 1. The Balaban J connectivity index is 2.09. The fourth-order valence-electron chi connectivity index (χ4n) is 2.88. The lowest BCUT2D eigenvalue weighted by Gasteiger charge is -2.37. The molecule has 1 saturated heterocycles. The van der Waals surface area contributed by atoms with Gasteiger partial charge in [0, 0.05) is 7.05 Å². The molecule has 0 aliphatic carbocycles. The summed E-state index contributed by atoms with van der Waals surface area (Å²) in [6.45, 7) is 1.96. The molecule has 0 aromatic rings. The molecule has 2 unspecified atom stereocenters. The molecule has 0 aromatic carbocycles. The summed E-state index contributed by atoms with van der Waals surface area (Å²) >= 11 is 0. The van der Waals surface area contributed by atoms with Gasteiger partial charge in [-0.3, -0.25) is 24.4 Å². The minimum atomic E-state index is -1.34. The van der Waals surface area contributed by atoms with Gasteiger partial charge in [-0.1, -0.05) is 6.92 Å². The van der Waals surface area contributed by atoms with Crippen LogP contribution in [-0.4, -0.2) is 71.7 Å². The monoisotopic (exact) mass is 294 g/mol. The molecule has 2 atom stereocenters. The van der Waals surface area contributed by atoms with Crippen LogP contribution in [0.4, 0.5) is 4.79 Å². The van der Waals surface area contributed by atoms with E-state index < -0.39 is 32.5 Å². The van der Waals surface area contributed by atoms with Crippen molar-refractivity contribution < 1.29 is 24.5 Å². The molecule has 20 heavy (non-hydrogen) atoms. The molecule has 0 spiro atoms. The highest BCUT2D eigenvalue weighted by atomic mass is 28.3. The predicted molar refractivity (Wildman–Crippen MR) is 69.5 cm³/mol. The highest BCUT2D eigenvalue weighted by Crippen LogP contribution is 2.25. The van der Waals surface area contributed by atoms with Crippen LogP contribution in [0.3, 0.4) is 0 Å². The Hall–Kier alpha value is -2.03. The summed E-state index contributed by atoms with van der Waals surface area (Å²) in [7, 11) is 0.0755. The van der Waals surface area contributed by atoms with E-state index in [4.69, 9.17) is 5.11 Å². The zero-order valence-corrected chi connectivity index (χ0v) is 12.1. The van der Waals surface area contributed by atoms with E-state index in [0.717, 1.165) is 16.4 Å². The number of rotatable bonds is 3. The van der Waals surface area contributed by atoms with E-state index in [9.17, 15) is 14.4 Å². The highest BCUT2D eigenvalue weighted by Gasteiger charge is 2.60. The molecular formula is C11H14N4O4Si+. The molecule has 3 aliphatic rings. The van der Waals surface area contributed by atoms with Crippen LogP contribution in [0.1, 0.15) is 13.3 Å². The minimum Gasteiger partial charge on any atom is -0.481 e. The van der Waals surface area contributed by atoms with Crippen molar-refractivity contribution in [2.75, 3.05) is 7.05 Å². The van der Waals surface area contributed by atoms with E-state index in [1.54, 1.807) is 0 Å². The SMILES string of the molecule is CC[Si]1C2=[NH+]C3C(=O)N(C)C(=O)N(C3=N2)C1CC(=O)O. The van der Waals surface area contributed by atoms with Gasteiger partial charge in [0.2, 0.25) is 8.80 Å². The molecule has 1 radical (unpaired) electrons. The Bertz CT molecular complexity index is 587. The molecule has 3 heterocycles. The molecule has 0 saturated carbocycles. The Morgan fingerprint density at radius 2 is 2.20 bits per heavy atom. The van der Waals surface area contributed by atoms with Gasteiger partial charge in [-0.25, -0.2) is 4.79 Å². The number of nitrogens with zero attached hydrogens (tertiary/aromatic N) is 3. The van der Waals surface area contributed by atoms with Crippen LogP contribution < -0.4 is 4.99 Å². The quantitative estimate of drug-likeness (QED) is 0.566. The third kappa shape index (κ3) is 1.55. The molecule has 3 amide bonds. The molecule has 3 rings (SSSR count). The average Bonchev–Trinajstić information content (AvgIpc) is 2.77. The summed E-state index contributed by atoms with van der Waals surface area (Å²) < 4.78 is 0. The van der Waals surface area contributed by atoms with Gasteiger partial charge in [0.25, 0.3) is 23.2 Å². The minimum absolute atomic E-state index is 0.118. The maximum absolute atomic E-state index is 12.3. The largest absolute Gasteiger partial charge is 0.481 e. The zero-order valence-electron chi connectivity index (χ0n) is 11.1. The number of aliphatic carboxylic acids is 1. The van der Waals surface area contributed by atoms with E-state index in [2.05, 4.69) is 9.98 Å². The molecule has 0 aromatic heterocycles. The molecule has 2 bridgehead atoms. The summed E-state index contributed by atoms with van der Waals surface area (Å²) in [6, 6.07) is -0.371. The number of hydrogen-bond donors (Lipinski definition) is 2. The van der Waals surface area contributed by atoms with Crippen molar-refractivity contribution in [2.45, 2.75) is 31.1 Å². The third-order valence-corrected chi connectivity index (χ3v) is 6.74. The third-order valence-electron chi connectivity index (χ3n) is 3.85. The maximum atomic E-state index is 12.3. The Morgan fingerprint density at radius 3 is 2.80 bits per heavy atom.